The van der Waals surface area contributed by atoms with Gasteiger partial charge in [-0.05, 0) is 31.2 Å². The lowest BCUT2D eigenvalue weighted by Gasteiger charge is -2.13. The maximum Gasteiger partial charge on any atom is 0.129 e. The van der Waals surface area contributed by atoms with Crippen molar-refractivity contribution in [3.63, 3.8) is 0 Å². The minimum atomic E-state index is -0.419. The first-order valence-electron chi connectivity index (χ1n) is 6.39. The van der Waals surface area contributed by atoms with Gasteiger partial charge in [-0.3, -0.25) is 0 Å². The van der Waals surface area contributed by atoms with E-state index >= 15 is 0 Å². The maximum atomic E-state index is 13.3. The Bertz CT molecular complexity index is 656. The fourth-order valence-corrected chi connectivity index (χ4v) is 1.94. The van der Waals surface area contributed by atoms with Crippen LogP contribution in [0, 0.1) is 5.82 Å². The number of hydrogen-bond acceptors (Lipinski definition) is 4. The van der Waals surface area contributed by atoms with E-state index in [1.807, 2.05) is 24.3 Å². The van der Waals surface area contributed by atoms with Crippen LogP contribution in [-0.4, -0.2) is 18.0 Å². The Labute approximate surface area is 122 Å². The third-order valence-electron chi connectivity index (χ3n) is 3.06. The molecule has 2 aromatic rings. The summed E-state index contributed by atoms with van der Waals surface area (Å²) in [5, 5.41) is 12.0. The van der Waals surface area contributed by atoms with Crippen LogP contribution in [0.4, 0.5) is 4.39 Å². The Morgan fingerprint density at radius 1 is 1.19 bits per heavy atom. The minimum absolute atomic E-state index is 0.265. The number of hydrogen-bond donors (Lipinski definition) is 1. The van der Waals surface area contributed by atoms with Crippen molar-refractivity contribution in [2.24, 2.45) is 5.16 Å². The molecule has 5 heteroatoms. The summed E-state index contributed by atoms with van der Waals surface area (Å²) in [4.78, 5) is 0. The highest BCUT2D eigenvalue weighted by Gasteiger charge is 2.10. The van der Waals surface area contributed by atoms with E-state index in [0.717, 1.165) is 5.56 Å². The Kier molecular flexibility index (Phi) is 4.77. The maximum absolute atomic E-state index is 13.3. The predicted molar refractivity (Wildman–Crippen MR) is 77.7 cm³/mol. The van der Waals surface area contributed by atoms with Crippen LogP contribution in [0.3, 0.4) is 0 Å². The molecule has 0 saturated heterocycles. The number of oxime groups is 1. The minimum Gasteiger partial charge on any atom is -0.496 e. The lowest BCUT2D eigenvalue weighted by Crippen LogP contribution is -2.04. The molecule has 0 unspecified atom stereocenters. The summed E-state index contributed by atoms with van der Waals surface area (Å²) >= 11 is 0. The normalized spacial score (nSPS) is 11.3. The first-order valence-corrected chi connectivity index (χ1v) is 6.39. The average molecular weight is 289 g/mol. The summed E-state index contributed by atoms with van der Waals surface area (Å²) in [5.41, 5.74) is 1.56. The van der Waals surface area contributed by atoms with E-state index in [-0.39, 0.29) is 12.3 Å². The summed E-state index contributed by atoms with van der Waals surface area (Å²) in [7, 11) is 1.59. The van der Waals surface area contributed by atoms with Gasteiger partial charge in [0.05, 0.1) is 12.8 Å². The van der Waals surface area contributed by atoms with Crippen LogP contribution in [0.1, 0.15) is 18.1 Å². The Morgan fingerprint density at radius 2 is 1.95 bits per heavy atom. The number of benzene rings is 2. The molecule has 0 saturated carbocycles. The number of halogens is 1. The van der Waals surface area contributed by atoms with Crippen molar-refractivity contribution < 1.29 is 19.1 Å². The van der Waals surface area contributed by atoms with E-state index in [2.05, 4.69) is 5.16 Å². The van der Waals surface area contributed by atoms with Crippen molar-refractivity contribution >= 4 is 5.71 Å². The molecule has 0 amide bonds. The van der Waals surface area contributed by atoms with Crippen LogP contribution in [0.25, 0.3) is 0 Å². The van der Waals surface area contributed by atoms with E-state index in [1.165, 1.54) is 18.2 Å². The zero-order chi connectivity index (χ0) is 15.2. The Balaban J connectivity index is 2.24. The molecule has 0 aromatic heterocycles. The second-order valence-corrected chi connectivity index (χ2v) is 4.43. The second-order valence-electron chi connectivity index (χ2n) is 4.43. The molecular formula is C16H16FNO3. The number of ether oxygens (including phenoxy) is 2. The molecule has 0 radical (unpaired) electrons. The van der Waals surface area contributed by atoms with Crippen molar-refractivity contribution in [2.45, 2.75) is 13.5 Å². The van der Waals surface area contributed by atoms with Gasteiger partial charge in [-0.25, -0.2) is 4.39 Å². The van der Waals surface area contributed by atoms with E-state index in [0.29, 0.717) is 17.1 Å². The molecule has 0 heterocycles. The van der Waals surface area contributed by atoms with Gasteiger partial charge in [0.2, 0.25) is 0 Å². The summed E-state index contributed by atoms with van der Waals surface area (Å²) in [6.07, 6.45) is 0. The molecular weight excluding hydrogens is 273 g/mol. The molecule has 4 nitrogen and oxygen atoms in total. The number of rotatable bonds is 5. The molecule has 1 N–H and O–H groups in total. The number of nitrogens with zero attached hydrogens (tertiary/aromatic N) is 1. The van der Waals surface area contributed by atoms with E-state index < -0.39 is 5.82 Å². The quantitative estimate of drug-likeness (QED) is 0.519. The van der Waals surface area contributed by atoms with Gasteiger partial charge < -0.3 is 14.7 Å². The lowest BCUT2D eigenvalue weighted by atomic mass is 10.1. The average Bonchev–Trinajstić information content (AvgIpc) is 2.53. The monoisotopic (exact) mass is 289 g/mol. The van der Waals surface area contributed by atoms with Crippen molar-refractivity contribution in [3.05, 3.63) is 59.4 Å². The molecule has 2 rings (SSSR count). The standard InChI is InChI=1S/C16H16FNO3/c1-11(18-19)14-9-13(17)7-8-16(14)21-10-12-5-3-4-6-15(12)20-2/h3-9,19H,10H2,1-2H3/b18-11+. The fourth-order valence-electron chi connectivity index (χ4n) is 1.94. The van der Waals surface area contributed by atoms with E-state index in [1.54, 1.807) is 14.0 Å². The Morgan fingerprint density at radius 3 is 2.67 bits per heavy atom. The van der Waals surface area contributed by atoms with Crippen LogP contribution in [0.5, 0.6) is 11.5 Å². The molecule has 0 bridgehead atoms. The molecule has 0 aliphatic carbocycles. The smallest absolute Gasteiger partial charge is 0.129 e. The van der Waals surface area contributed by atoms with Crippen LogP contribution in [0.2, 0.25) is 0 Å². The van der Waals surface area contributed by atoms with E-state index in [9.17, 15) is 4.39 Å². The number of para-hydroxylation sites is 1. The molecule has 110 valence electrons. The van der Waals surface area contributed by atoms with E-state index in [4.69, 9.17) is 14.7 Å². The van der Waals surface area contributed by atoms with Gasteiger partial charge in [-0.1, -0.05) is 23.4 Å². The third kappa shape index (κ3) is 3.51. The third-order valence-corrected chi connectivity index (χ3v) is 3.06. The lowest BCUT2D eigenvalue weighted by molar-refractivity contribution is 0.294. The van der Waals surface area contributed by atoms with Crippen molar-refractivity contribution in [1.82, 2.24) is 0 Å². The summed E-state index contributed by atoms with van der Waals surface area (Å²) in [6.45, 7) is 1.84. The molecule has 2 aromatic carbocycles. The Hall–Kier alpha value is -2.56. The van der Waals surface area contributed by atoms with Crippen molar-refractivity contribution in [2.75, 3.05) is 7.11 Å². The largest absolute Gasteiger partial charge is 0.496 e. The summed E-state index contributed by atoms with van der Waals surface area (Å²) < 4.78 is 24.3. The zero-order valence-electron chi connectivity index (χ0n) is 11.8. The highest BCUT2D eigenvalue weighted by atomic mass is 19.1. The van der Waals surface area contributed by atoms with Crippen molar-refractivity contribution in [1.29, 1.82) is 0 Å². The van der Waals surface area contributed by atoms with Gasteiger partial charge in [-0.2, -0.15) is 0 Å². The predicted octanol–water partition coefficient (Wildman–Crippen LogP) is 3.61. The molecule has 0 spiro atoms. The molecule has 0 fully saturated rings. The summed E-state index contributed by atoms with van der Waals surface area (Å²) in [5.74, 6) is 0.740. The summed E-state index contributed by atoms with van der Waals surface area (Å²) in [6, 6.07) is 11.5. The topological polar surface area (TPSA) is 51.0 Å². The molecule has 0 aliphatic heterocycles. The number of methoxy groups -OCH3 is 1. The van der Waals surface area contributed by atoms with Gasteiger partial charge >= 0.3 is 0 Å². The highest BCUT2D eigenvalue weighted by Crippen LogP contribution is 2.24. The fraction of sp³-hybridized carbons (Fsp3) is 0.188. The first kappa shape index (κ1) is 14.8. The highest BCUT2D eigenvalue weighted by molar-refractivity contribution is 6.00. The van der Waals surface area contributed by atoms with Gasteiger partial charge in [-0.15, -0.1) is 0 Å². The SMILES string of the molecule is COc1ccccc1COc1ccc(F)cc1/C(C)=N/O. The van der Waals surface area contributed by atoms with Crippen LogP contribution >= 0.6 is 0 Å². The first-order chi connectivity index (χ1) is 10.2. The zero-order valence-corrected chi connectivity index (χ0v) is 11.8. The van der Waals surface area contributed by atoms with Gasteiger partial charge in [0.15, 0.2) is 0 Å². The van der Waals surface area contributed by atoms with Gasteiger partial charge in [0, 0.05) is 11.1 Å². The van der Waals surface area contributed by atoms with Crippen LogP contribution < -0.4 is 9.47 Å². The van der Waals surface area contributed by atoms with Gasteiger partial charge in [0.1, 0.15) is 23.9 Å². The second kappa shape index (κ2) is 6.74. The van der Waals surface area contributed by atoms with Crippen LogP contribution in [0.15, 0.2) is 47.6 Å². The van der Waals surface area contributed by atoms with Crippen LogP contribution in [-0.2, 0) is 6.61 Å². The van der Waals surface area contributed by atoms with Gasteiger partial charge in [0.25, 0.3) is 0 Å². The molecule has 0 atom stereocenters. The van der Waals surface area contributed by atoms with Crippen molar-refractivity contribution in [3.8, 4) is 11.5 Å². The molecule has 0 aliphatic rings. The molecule has 21 heavy (non-hydrogen) atoms.